The van der Waals surface area contributed by atoms with Crippen molar-refractivity contribution in [2.45, 2.75) is 38.1 Å². The highest BCUT2D eigenvalue weighted by Gasteiger charge is 2.42. The van der Waals surface area contributed by atoms with Crippen molar-refractivity contribution in [3.8, 4) is 0 Å². The molecule has 0 aliphatic carbocycles. The summed E-state index contributed by atoms with van der Waals surface area (Å²) in [7, 11) is 0. The topological polar surface area (TPSA) is 72.9 Å². The van der Waals surface area contributed by atoms with Crippen LogP contribution >= 0.6 is 11.8 Å². The highest BCUT2D eigenvalue weighted by atomic mass is 32.2. The third kappa shape index (κ3) is 4.03. The Morgan fingerprint density at radius 3 is 2.57 bits per heavy atom. The lowest BCUT2D eigenvalue weighted by atomic mass is 10.2. The van der Waals surface area contributed by atoms with Crippen molar-refractivity contribution in [3.05, 3.63) is 0 Å². The van der Waals surface area contributed by atoms with Crippen molar-refractivity contribution in [2.24, 2.45) is 5.92 Å². The van der Waals surface area contributed by atoms with E-state index in [1.54, 1.807) is 11.8 Å². The number of hydrogen-bond donors (Lipinski definition) is 2. The second-order valence-electron chi connectivity index (χ2n) is 6.01. The highest BCUT2D eigenvalue weighted by molar-refractivity contribution is 8.00. The Bertz CT molecular complexity index is 386. The van der Waals surface area contributed by atoms with Gasteiger partial charge in [-0.3, -0.25) is 4.90 Å². The van der Waals surface area contributed by atoms with Gasteiger partial charge in [-0.15, -0.1) is 11.8 Å². The van der Waals surface area contributed by atoms with E-state index in [1.807, 2.05) is 13.8 Å². The number of carbonyl (C=O) groups is 2. The number of urea groups is 1. The monoisotopic (exact) mass is 315 g/mol. The standard InChI is InChI=1S/C14H25N3O3S/c1-10(2)12-17(11(9-21-12)13(18)19)14(20)15-5-8-16-6-3-4-7-16/h10-12H,3-9H2,1-2H3,(H,15,20)(H,18,19). The van der Waals surface area contributed by atoms with E-state index in [-0.39, 0.29) is 17.3 Å². The number of likely N-dealkylation sites (tertiary alicyclic amines) is 1. The van der Waals surface area contributed by atoms with Gasteiger partial charge in [0.25, 0.3) is 0 Å². The van der Waals surface area contributed by atoms with Gasteiger partial charge in [-0.1, -0.05) is 13.8 Å². The number of rotatable bonds is 5. The fraction of sp³-hybridized carbons (Fsp3) is 0.857. The maximum atomic E-state index is 12.4. The van der Waals surface area contributed by atoms with Gasteiger partial charge in [0.2, 0.25) is 0 Å². The van der Waals surface area contributed by atoms with Crippen LogP contribution in [0.25, 0.3) is 0 Å². The molecule has 2 aliphatic heterocycles. The number of aliphatic carboxylic acids is 1. The molecule has 0 radical (unpaired) electrons. The first kappa shape index (κ1) is 16.4. The second kappa shape index (κ2) is 7.35. The van der Waals surface area contributed by atoms with Crippen LogP contribution in [0.1, 0.15) is 26.7 Å². The zero-order valence-electron chi connectivity index (χ0n) is 12.7. The van der Waals surface area contributed by atoms with E-state index in [9.17, 15) is 14.7 Å². The van der Waals surface area contributed by atoms with Crippen LogP contribution < -0.4 is 5.32 Å². The summed E-state index contributed by atoms with van der Waals surface area (Å²) < 4.78 is 0. The summed E-state index contributed by atoms with van der Waals surface area (Å²) in [5.41, 5.74) is 0. The van der Waals surface area contributed by atoms with Crippen LogP contribution in [0.5, 0.6) is 0 Å². The summed E-state index contributed by atoms with van der Waals surface area (Å²) >= 11 is 1.56. The predicted octanol–water partition coefficient (Wildman–Crippen LogP) is 1.28. The van der Waals surface area contributed by atoms with Crippen LogP contribution in [0.2, 0.25) is 0 Å². The van der Waals surface area contributed by atoms with E-state index in [4.69, 9.17) is 0 Å². The normalized spacial score (nSPS) is 26.5. The highest BCUT2D eigenvalue weighted by Crippen LogP contribution is 2.33. The molecule has 2 unspecified atom stereocenters. The van der Waals surface area contributed by atoms with Gasteiger partial charge >= 0.3 is 12.0 Å². The van der Waals surface area contributed by atoms with Crippen molar-refractivity contribution in [2.75, 3.05) is 31.9 Å². The third-order valence-corrected chi connectivity index (χ3v) is 5.65. The average Bonchev–Trinajstić information content (AvgIpc) is 3.07. The van der Waals surface area contributed by atoms with Crippen LogP contribution in [-0.2, 0) is 4.79 Å². The minimum Gasteiger partial charge on any atom is -0.480 e. The molecule has 0 spiro atoms. The molecule has 0 aromatic rings. The van der Waals surface area contributed by atoms with Crippen LogP contribution in [0.3, 0.4) is 0 Å². The molecule has 21 heavy (non-hydrogen) atoms. The number of hydrogen-bond acceptors (Lipinski definition) is 4. The molecule has 2 rings (SSSR count). The molecule has 0 saturated carbocycles. The molecule has 2 aliphatic rings. The predicted molar refractivity (Wildman–Crippen MR) is 83.4 cm³/mol. The van der Waals surface area contributed by atoms with Gasteiger partial charge < -0.3 is 15.3 Å². The van der Waals surface area contributed by atoms with Crippen molar-refractivity contribution in [3.63, 3.8) is 0 Å². The Hall–Kier alpha value is -0.950. The number of carbonyl (C=O) groups excluding carboxylic acids is 1. The van der Waals surface area contributed by atoms with E-state index >= 15 is 0 Å². The van der Waals surface area contributed by atoms with E-state index in [0.29, 0.717) is 12.3 Å². The molecule has 2 fully saturated rings. The first-order chi connectivity index (χ1) is 10.0. The van der Waals surface area contributed by atoms with Gasteiger partial charge in [0.15, 0.2) is 0 Å². The minimum atomic E-state index is -0.916. The summed E-state index contributed by atoms with van der Waals surface area (Å²) in [6, 6.07) is -0.959. The molecule has 6 nitrogen and oxygen atoms in total. The molecule has 2 atom stereocenters. The number of nitrogens with one attached hydrogen (secondary N) is 1. The van der Waals surface area contributed by atoms with Gasteiger partial charge in [-0.05, 0) is 31.8 Å². The Morgan fingerprint density at radius 2 is 2.00 bits per heavy atom. The first-order valence-corrected chi connectivity index (χ1v) is 8.68. The summed E-state index contributed by atoms with van der Waals surface area (Å²) in [5.74, 6) is -0.207. The van der Waals surface area contributed by atoms with Crippen molar-refractivity contribution >= 4 is 23.8 Å². The molecule has 7 heteroatoms. The number of amides is 2. The largest absolute Gasteiger partial charge is 0.480 e. The molecule has 0 bridgehead atoms. The van der Waals surface area contributed by atoms with Gasteiger partial charge in [-0.2, -0.15) is 0 Å². The van der Waals surface area contributed by atoms with Crippen molar-refractivity contribution in [1.29, 1.82) is 0 Å². The molecule has 0 aromatic carbocycles. The molecule has 2 saturated heterocycles. The van der Waals surface area contributed by atoms with Crippen LogP contribution in [0.15, 0.2) is 0 Å². The Morgan fingerprint density at radius 1 is 1.33 bits per heavy atom. The summed E-state index contributed by atoms with van der Waals surface area (Å²) in [4.78, 5) is 27.5. The van der Waals surface area contributed by atoms with Crippen molar-refractivity contribution in [1.82, 2.24) is 15.1 Å². The van der Waals surface area contributed by atoms with Crippen molar-refractivity contribution < 1.29 is 14.7 Å². The van der Waals surface area contributed by atoms with E-state index in [2.05, 4.69) is 10.2 Å². The van der Waals surface area contributed by atoms with Crippen LogP contribution in [0, 0.1) is 5.92 Å². The number of carboxylic acid groups (broad SMARTS) is 1. The molecule has 2 amide bonds. The van der Waals surface area contributed by atoms with Crippen LogP contribution in [0.4, 0.5) is 4.79 Å². The fourth-order valence-electron chi connectivity index (χ4n) is 2.91. The zero-order chi connectivity index (χ0) is 15.4. The minimum absolute atomic E-state index is 0.0575. The number of carboxylic acids is 1. The molecular formula is C14H25N3O3S. The SMILES string of the molecule is CC(C)C1SCC(C(=O)O)N1C(=O)NCCN1CCCC1. The lowest BCUT2D eigenvalue weighted by Gasteiger charge is -2.30. The zero-order valence-corrected chi connectivity index (χ0v) is 13.6. The van der Waals surface area contributed by atoms with E-state index in [1.165, 1.54) is 17.7 Å². The Kier molecular flexibility index (Phi) is 5.75. The van der Waals surface area contributed by atoms with Gasteiger partial charge in [-0.25, -0.2) is 9.59 Å². The maximum Gasteiger partial charge on any atom is 0.327 e. The Balaban J connectivity index is 1.88. The first-order valence-electron chi connectivity index (χ1n) is 7.63. The van der Waals surface area contributed by atoms with E-state index < -0.39 is 12.0 Å². The van der Waals surface area contributed by atoms with Gasteiger partial charge in [0.05, 0.1) is 5.37 Å². The molecular weight excluding hydrogens is 290 g/mol. The lowest BCUT2D eigenvalue weighted by molar-refractivity contribution is -0.141. The Labute approximate surface area is 130 Å². The molecule has 0 aromatic heterocycles. The quantitative estimate of drug-likeness (QED) is 0.799. The van der Waals surface area contributed by atoms with Crippen LogP contribution in [-0.4, -0.2) is 70.3 Å². The number of nitrogens with zero attached hydrogens (tertiary/aromatic N) is 2. The molecule has 2 N–H and O–H groups in total. The lowest BCUT2D eigenvalue weighted by Crippen LogP contribution is -2.52. The second-order valence-corrected chi connectivity index (χ2v) is 7.16. The smallest absolute Gasteiger partial charge is 0.327 e. The summed E-state index contributed by atoms with van der Waals surface area (Å²) in [6.07, 6.45) is 2.46. The molecule has 120 valence electrons. The van der Waals surface area contributed by atoms with E-state index in [0.717, 1.165) is 19.6 Å². The average molecular weight is 315 g/mol. The molecule has 2 heterocycles. The summed E-state index contributed by atoms with van der Waals surface area (Å²) in [5, 5.41) is 12.1. The van der Waals surface area contributed by atoms with Gasteiger partial charge in [0, 0.05) is 18.8 Å². The van der Waals surface area contributed by atoms with Gasteiger partial charge in [0.1, 0.15) is 6.04 Å². The third-order valence-electron chi connectivity index (χ3n) is 4.03. The number of thioether (sulfide) groups is 1. The maximum absolute atomic E-state index is 12.4. The summed E-state index contributed by atoms with van der Waals surface area (Å²) in [6.45, 7) is 7.66. The fourth-order valence-corrected chi connectivity index (χ4v) is 4.38.